The first-order valence-electron chi connectivity index (χ1n) is 22.5. The number of carbonyl (C=O) groups excluding carboxylic acids is 4. The van der Waals surface area contributed by atoms with Crippen molar-refractivity contribution in [2.45, 2.75) is 104 Å². The van der Waals surface area contributed by atoms with Gasteiger partial charge in [-0.1, -0.05) is 97.0 Å². The quantitative estimate of drug-likeness (QED) is 0.0161. The lowest BCUT2D eigenvalue weighted by Crippen LogP contribution is -2.13. The first kappa shape index (κ1) is 49.0. The molecule has 0 aliphatic heterocycles. The zero-order valence-corrected chi connectivity index (χ0v) is 37.1. The van der Waals surface area contributed by atoms with Gasteiger partial charge >= 0.3 is 29.6 Å². The van der Waals surface area contributed by atoms with Crippen LogP contribution in [-0.4, -0.2) is 42.0 Å². The van der Waals surface area contributed by atoms with Gasteiger partial charge in [0.1, 0.15) is 23.0 Å². The summed E-state index contributed by atoms with van der Waals surface area (Å²) in [5.74, 6) is -2.44. The number of carbonyl (C=O) groups is 4. The van der Waals surface area contributed by atoms with E-state index in [4.69, 9.17) is 28.4 Å². The topological polar surface area (TPSA) is 167 Å². The molecule has 0 fully saturated rings. The summed E-state index contributed by atoms with van der Waals surface area (Å²) in [6, 6.07) is 27.9. The van der Waals surface area contributed by atoms with Crippen LogP contribution in [0.5, 0.6) is 34.5 Å². The van der Waals surface area contributed by atoms with Crippen LogP contribution in [0, 0.1) is 10.1 Å². The minimum absolute atomic E-state index is 0.00450. The van der Waals surface area contributed by atoms with Gasteiger partial charge in [-0.25, -0.2) is 19.2 Å². The van der Waals surface area contributed by atoms with Crippen LogP contribution in [0.4, 0.5) is 5.69 Å². The maximum Gasteiger partial charge on any atom is 0.353 e. The van der Waals surface area contributed by atoms with Gasteiger partial charge in [-0.15, -0.1) is 0 Å². The first-order valence-corrected chi connectivity index (χ1v) is 22.5. The largest absolute Gasteiger partial charge is 0.494 e. The zero-order valence-electron chi connectivity index (χ0n) is 37.1. The number of nitro benzene ring substituents is 1. The lowest BCUT2D eigenvalue weighted by atomic mass is 10.1. The van der Waals surface area contributed by atoms with Crippen molar-refractivity contribution in [2.24, 2.45) is 0 Å². The van der Waals surface area contributed by atoms with Crippen LogP contribution in [0.3, 0.4) is 0 Å². The van der Waals surface area contributed by atoms with Crippen molar-refractivity contribution in [1.29, 1.82) is 0 Å². The van der Waals surface area contributed by atoms with Gasteiger partial charge in [-0.3, -0.25) is 10.1 Å². The third-order valence-corrected chi connectivity index (χ3v) is 10.4. The third kappa shape index (κ3) is 16.2. The number of rotatable bonds is 27. The average molecular weight is 888 g/mol. The molecule has 65 heavy (non-hydrogen) atoms. The number of ether oxygens (including phenoxy) is 6. The van der Waals surface area contributed by atoms with Crippen LogP contribution in [0.25, 0.3) is 0 Å². The summed E-state index contributed by atoms with van der Waals surface area (Å²) in [5, 5.41) is 12.2. The molecular weight excluding hydrogens is 831 g/mol. The highest BCUT2D eigenvalue weighted by Crippen LogP contribution is 2.37. The van der Waals surface area contributed by atoms with E-state index in [0.29, 0.717) is 35.8 Å². The fourth-order valence-corrected chi connectivity index (χ4v) is 6.69. The van der Waals surface area contributed by atoms with Gasteiger partial charge in [-0.05, 0) is 122 Å². The van der Waals surface area contributed by atoms with E-state index in [1.807, 2.05) is 0 Å². The van der Waals surface area contributed by atoms with Crippen LogP contribution >= 0.6 is 0 Å². The van der Waals surface area contributed by atoms with Gasteiger partial charge in [0.05, 0.1) is 40.4 Å². The Hall–Kier alpha value is -7.02. The average Bonchev–Trinajstić information content (AvgIpc) is 3.31. The van der Waals surface area contributed by atoms with E-state index < -0.39 is 46.0 Å². The Labute approximate surface area is 380 Å². The van der Waals surface area contributed by atoms with Crippen LogP contribution in [0.1, 0.15) is 145 Å². The highest BCUT2D eigenvalue weighted by molar-refractivity contribution is 5.95. The Morgan fingerprint density at radius 2 is 0.692 bits per heavy atom. The molecule has 13 nitrogen and oxygen atoms in total. The summed E-state index contributed by atoms with van der Waals surface area (Å²) in [6.45, 7) is 5.60. The van der Waals surface area contributed by atoms with Crippen molar-refractivity contribution < 1.29 is 52.5 Å². The molecule has 0 unspecified atom stereocenters. The number of para-hydroxylation sites is 1. The number of nitrogens with zero attached hydrogens (tertiary/aromatic N) is 1. The Morgan fingerprint density at radius 1 is 0.400 bits per heavy atom. The maximum absolute atomic E-state index is 13.1. The number of benzene rings is 5. The van der Waals surface area contributed by atoms with Crippen LogP contribution < -0.4 is 28.4 Å². The van der Waals surface area contributed by atoms with E-state index in [-0.39, 0.29) is 22.6 Å². The number of hydrogen-bond donors (Lipinski definition) is 0. The Bertz CT molecular complexity index is 2140. The summed E-state index contributed by atoms with van der Waals surface area (Å²) in [4.78, 5) is 63.1. The molecule has 0 amide bonds. The SMILES string of the molecule is CCCCCCCCCOc1ccc(C(=O)Oc2ccc(C(=O)Oc3cccc(OC(=O)c4ccc(OC(=O)c5ccc(OCCCCCCCCC)cc5)cc4)c3[N+](=O)[O-])cc2)cc1. The Kier molecular flexibility index (Phi) is 20.0. The van der Waals surface area contributed by atoms with Gasteiger partial charge in [0.25, 0.3) is 0 Å². The molecule has 5 aromatic rings. The second-order valence-electron chi connectivity index (χ2n) is 15.5. The molecule has 0 aliphatic rings. The van der Waals surface area contributed by atoms with Crippen molar-refractivity contribution in [2.75, 3.05) is 13.2 Å². The van der Waals surface area contributed by atoms with Crippen LogP contribution in [-0.2, 0) is 0 Å². The number of nitro groups is 1. The molecule has 0 atom stereocenters. The van der Waals surface area contributed by atoms with Gasteiger partial charge in [-0.2, -0.15) is 0 Å². The lowest BCUT2D eigenvalue weighted by Gasteiger charge is -2.10. The maximum atomic E-state index is 13.1. The second kappa shape index (κ2) is 26.6. The molecule has 0 saturated heterocycles. The summed E-state index contributed by atoms with van der Waals surface area (Å²) < 4.78 is 33.3. The molecule has 0 aliphatic carbocycles. The summed E-state index contributed by atoms with van der Waals surface area (Å²) >= 11 is 0. The molecule has 0 heterocycles. The molecule has 0 N–H and O–H groups in total. The fourth-order valence-electron chi connectivity index (χ4n) is 6.69. The van der Waals surface area contributed by atoms with Crippen LogP contribution in [0.2, 0.25) is 0 Å². The molecule has 0 spiro atoms. The Morgan fingerprint density at radius 3 is 1.02 bits per heavy atom. The minimum Gasteiger partial charge on any atom is -0.494 e. The highest BCUT2D eigenvalue weighted by Gasteiger charge is 2.27. The molecule has 342 valence electrons. The fraction of sp³-hybridized carbons (Fsp3) is 0.346. The molecule has 13 heteroatoms. The highest BCUT2D eigenvalue weighted by atomic mass is 16.6. The third-order valence-electron chi connectivity index (χ3n) is 10.4. The molecule has 5 aromatic carbocycles. The van der Waals surface area contributed by atoms with Crippen molar-refractivity contribution in [3.8, 4) is 34.5 Å². The van der Waals surface area contributed by atoms with Gasteiger partial charge < -0.3 is 28.4 Å². The number of hydrogen-bond acceptors (Lipinski definition) is 12. The van der Waals surface area contributed by atoms with Crippen molar-refractivity contribution in [1.82, 2.24) is 0 Å². The van der Waals surface area contributed by atoms with Crippen LogP contribution in [0.15, 0.2) is 115 Å². The van der Waals surface area contributed by atoms with E-state index in [1.54, 1.807) is 48.5 Å². The standard InChI is InChI=1S/C52H57NO12/c1-3-5-7-9-11-13-15-36-60-42-28-20-38(21-29-42)49(54)62-44-32-24-40(25-33-44)51(56)64-46-18-17-19-47(48(46)53(58)59)65-52(57)41-26-34-45(35-27-41)63-50(55)39-22-30-43(31-23-39)61-37-16-14-12-10-8-6-4-2/h17-35H,3-16,36-37H2,1-2H3. The van der Waals surface area contributed by atoms with E-state index in [2.05, 4.69) is 13.8 Å². The predicted octanol–water partition coefficient (Wildman–Crippen LogP) is 12.7. The monoisotopic (exact) mass is 887 g/mol. The molecular formula is C52H57NO12. The van der Waals surface area contributed by atoms with Gasteiger partial charge in [0.2, 0.25) is 11.5 Å². The second-order valence-corrected chi connectivity index (χ2v) is 15.5. The van der Waals surface area contributed by atoms with Crippen molar-refractivity contribution in [3.05, 3.63) is 148 Å². The normalized spacial score (nSPS) is 10.7. The smallest absolute Gasteiger partial charge is 0.353 e. The molecule has 0 aromatic heterocycles. The molecule has 0 saturated carbocycles. The first-order chi connectivity index (χ1) is 31.6. The van der Waals surface area contributed by atoms with E-state index in [0.717, 1.165) is 25.7 Å². The predicted molar refractivity (Wildman–Crippen MR) is 246 cm³/mol. The summed E-state index contributed by atoms with van der Waals surface area (Å²) in [7, 11) is 0. The number of esters is 4. The van der Waals surface area contributed by atoms with Crippen molar-refractivity contribution >= 4 is 29.6 Å². The van der Waals surface area contributed by atoms with Gasteiger partial charge in [0, 0.05) is 0 Å². The minimum atomic E-state index is -0.949. The van der Waals surface area contributed by atoms with E-state index in [1.165, 1.54) is 131 Å². The van der Waals surface area contributed by atoms with Gasteiger partial charge in [0.15, 0.2) is 0 Å². The Balaban J connectivity index is 1.08. The van der Waals surface area contributed by atoms with E-state index >= 15 is 0 Å². The van der Waals surface area contributed by atoms with E-state index in [9.17, 15) is 29.3 Å². The van der Waals surface area contributed by atoms with Crippen molar-refractivity contribution in [3.63, 3.8) is 0 Å². The summed E-state index contributed by atoms with van der Waals surface area (Å²) in [6.07, 6.45) is 16.6. The summed E-state index contributed by atoms with van der Waals surface area (Å²) in [5.41, 5.74) is -0.136. The molecule has 0 bridgehead atoms. The lowest BCUT2D eigenvalue weighted by molar-refractivity contribution is -0.386. The molecule has 0 radical (unpaired) electrons. The molecule has 5 rings (SSSR count). The number of unbranched alkanes of at least 4 members (excludes halogenated alkanes) is 12. The zero-order chi connectivity index (χ0) is 46.2.